The minimum atomic E-state index is 0.497. The molecule has 1 aromatic heterocycles. The van der Waals surface area contributed by atoms with Gasteiger partial charge >= 0.3 is 0 Å². The third kappa shape index (κ3) is 2.78. The van der Waals surface area contributed by atoms with Crippen molar-refractivity contribution in [3.05, 3.63) is 18.3 Å². The number of nitrogen functional groups attached to an aromatic ring is 1. The Bertz CT molecular complexity index is 248. The monoisotopic (exact) mass is 166 g/mol. The molecule has 0 fully saturated rings. The van der Waals surface area contributed by atoms with E-state index in [1.165, 1.54) is 0 Å². The van der Waals surface area contributed by atoms with Crippen LogP contribution in [0.4, 0.5) is 5.82 Å². The Morgan fingerprint density at radius 3 is 2.92 bits per heavy atom. The van der Waals surface area contributed by atoms with Crippen LogP contribution in [0.2, 0.25) is 0 Å². The van der Waals surface area contributed by atoms with Gasteiger partial charge in [-0.1, -0.05) is 13.8 Å². The SMILES string of the molecule is CC(C)COc1ccnc(N)c1. The van der Waals surface area contributed by atoms with Crippen molar-refractivity contribution in [2.24, 2.45) is 5.92 Å². The van der Waals surface area contributed by atoms with Gasteiger partial charge in [-0.25, -0.2) is 4.98 Å². The van der Waals surface area contributed by atoms with Crippen molar-refractivity contribution in [1.82, 2.24) is 4.98 Å². The van der Waals surface area contributed by atoms with Crippen LogP contribution in [-0.4, -0.2) is 11.6 Å². The predicted molar refractivity (Wildman–Crippen MR) is 49.0 cm³/mol. The highest BCUT2D eigenvalue weighted by molar-refractivity contribution is 5.35. The van der Waals surface area contributed by atoms with E-state index < -0.39 is 0 Å². The predicted octanol–water partition coefficient (Wildman–Crippen LogP) is 1.70. The first-order valence-corrected chi connectivity index (χ1v) is 4.03. The Kier molecular flexibility index (Phi) is 2.91. The van der Waals surface area contributed by atoms with Crippen LogP contribution in [0.25, 0.3) is 0 Å². The maximum Gasteiger partial charge on any atom is 0.126 e. The Labute approximate surface area is 72.6 Å². The molecule has 1 aromatic rings. The van der Waals surface area contributed by atoms with Gasteiger partial charge in [-0.3, -0.25) is 0 Å². The lowest BCUT2D eigenvalue weighted by Crippen LogP contribution is -2.04. The average molecular weight is 166 g/mol. The summed E-state index contributed by atoms with van der Waals surface area (Å²) >= 11 is 0. The average Bonchev–Trinajstić information content (AvgIpc) is 2.01. The van der Waals surface area contributed by atoms with Crippen LogP contribution < -0.4 is 10.5 Å². The van der Waals surface area contributed by atoms with Crippen molar-refractivity contribution in [2.75, 3.05) is 12.3 Å². The van der Waals surface area contributed by atoms with Gasteiger partial charge in [-0.05, 0) is 12.0 Å². The van der Waals surface area contributed by atoms with E-state index >= 15 is 0 Å². The molecule has 1 heterocycles. The summed E-state index contributed by atoms with van der Waals surface area (Å²) in [4.78, 5) is 3.86. The van der Waals surface area contributed by atoms with Gasteiger partial charge in [-0.15, -0.1) is 0 Å². The Balaban J connectivity index is 2.52. The molecule has 0 aliphatic carbocycles. The number of aromatic nitrogens is 1. The fourth-order valence-corrected chi connectivity index (χ4v) is 0.781. The summed E-state index contributed by atoms with van der Waals surface area (Å²) in [6.07, 6.45) is 1.64. The first kappa shape index (κ1) is 8.84. The first-order valence-electron chi connectivity index (χ1n) is 4.03. The molecule has 0 aliphatic rings. The minimum Gasteiger partial charge on any atom is -0.493 e. The smallest absolute Gasteiger partial charge is 0.126 e. The van der Waals surface area contributed by atoms with Crippen molar-refractivity contribution in [1.29, 1.82) is 0 Å². The molecule has 0 bridgehead atoms. The second-order valence-corrected chi connectivity index (χ2v) is 3.12. The number of hydrogen-bond donors (Lipinski definition) is 1. The molecule has 1 rings (SSSR count). The second-order valence-electron chi connectivity index (χ2n) is 3.12. The molecule has 66 valence electrons. The summed E-state index contributed by atoms with van der Waals surface area (Å²) in [5.74, 6) is 1.81. The molecule has 3 heteroatoms. The van der Waals surface area contributed by atoms with Crippen LogP contribution >= 0.6 is 0 Å². The standard InChI is InChI=1S/C9H14N2O/c1-7(2)6-12-8-3-4-11-9(10)5-8/h3-5,7H,6H2,1-2H3,(H2,10,11). The highest BCUT2D eigenvalue weighted by atomic mass is 16.5. The molecule has 0 amide bonds. The molecule has 0 saturated heterocycles. The molecule has 0 saturated carbocycles. The number of hydrogen-bond acceptors (Lipinski definition) is 3. The topological polar surface area (TPSA) is 48.1 Å². The van der Waals surface area contributed by atoms with Crippen LogP contribution in [0.1, 0.15) is 13.8 Å². The van der Waals surface area contributed by atoms with Gasteiger partial charge in [0.05, 0.1) is 6.61 Å². The molecular formula is C9H14N2O. The number of rotatable bonds is 3. The summed E-state index contributed by atoms with van der Waals surface area (Å²) in [6.45, 7) is 4.92. The van der Waals surface area contributed by atoms with Crippen molar-refractivity contribution < 1.29 is 4.74 Å². The Hall–Kier alpha value is -1.25. The molecular weight excluding hydrogens is 152 g/mol. The summed E-state index contributed by atoms with van der Waals surface area (Å²) in [5.41, 5.74) is 5.47. The van der Waals surface area contributed by atoms with Crippen molar-refractivity contribution in [3.63, 3.8) is 0 Å². The molecule has 0 aliphatic heterocycles. The van der Waals surface area contributed by atoms with Crippen LogP contribution in [0.5, 0.6) is 5.75 Å². The third-order valence-corrected chi connectivity index (χ3v) is 1.34. The van der Waals surface area contributed by atoms with Gasteiger partial charge in [0.25, 0.3) is 0 Å². The lowest BCUT2D eigenvalue weighted by atomic mass is 10.2. The quantitative estimate of drug-likeness (QED) is 0.743. The van der Waals surface area contributed by atoms with E-state index in [0.717, 1.165) is 5.75 Å². The van der Waals surface area contributed by atoms with E-state index in [0.29, 0.717) is 18.3 Å². The van der Waals surface area contributed by atoms with Crippen LogP contribution in [0.15, 0.2) is 18.3 Å². The number of ether oxygens (including phenoxy) is 1. The fourth-order valence-electron chi connectivity index (χ4n) is 0.781. The molecule has 2 N–H and O–H groups in total. The van der Waals surface area contributed by atoms with E-state index in [2.05, 4.69) is 18.8 Å². The zero-order valence-corrected chi connectivity index (χ0v) is 7.45. The maximum atomic E-state index is 5.47. The molecule has 0 atom stereocenters. The normalized spacial score (nSPS) is 10.2. The Morgan fingerprint density at radius 1 is 1.58 bits per heavy atom. The van der Waals surface area contributed by atoms with E-state index in [9.17, 15) is 0 Å². The van der Waals surface area contributed by atoms with E-state index in [4.69, 9.17) is 10.5 Å². The number of nitrogens with two attached hydrogens (primary N) is 1. The van der Waals surface area contributed by atoms with E-state index in [1.54, 1.807) is 18.3 Å². The lowest BCUT2D eigenvalue weighted by molar-refractivity contribution is 0.271. The van der Waals surface area contributed by atoms with Crippen LogP contribution in [-0.2, 0) is 0 Å². The Morgan fingerprint density at radius 2 is 2.33 bits per heavy atom. The third-order valence-electron chi connectivity index (χ3n) is 1.34. The number of anilines is 1. The number of pyridine rings is 1. The molecule has 0 radical (unpaired) electrons. The van der Waals surface area contributed by atoms with Gasteiger partial charge in [0.1, 0.15) is 11.6 Å². The van der Waals surface area contributed by atoms with Gasteiger partial charge in [0, 0.05) is 12.3 Å². The highest BCUT2D eigenvalue weighted by Gasteiger charge is 1.96. The summed E-state index contributed by atoms with van der Waals surface area (Å²) < 4.78 is 5.43. The maximum absolute atomic E-state index is 5.47. The molecule has 0 spiro atoms. The molecule has 3 nitrogen and oxygen atoms in total. The summed E-state index contributed by atoms with van der Waals surface area (Å²) in [6, 6.07) is 3.53. The number of nitrogens with zero attached hydrogens (tertiary/aromatic N) is 1. The zero-order chi connectivity index (χ0) is 8.97. The van der Waals surface area contributed by atoms with Crippen molar-refractivity contribution in [2.45, 2.75) is 13.8 Å². The van der Waals surface area contributed by atoms with Gasteiger partial charge in [0.15, 0.2) is 0 Å². The van der Waals surface area contributed by atoms with E-state index in [-0.39, 0.29) is 0 Å². The van der Waals surface area contributed by atoms with Crippen LogP contribution in [0, 0.1) is 5.92 Å². The highest BCUT2D eigenvalue weighted by Crippen LogP contribution is 2.12. The summed E-state index contributed by atoms with van der Waals surface area (Å²) in [7, 11) is 0. The largest absolute Gasteiger partial charge is 0.493 e. The summed E-state index contributed by atoms with van der Waals surface area (Å²) in [5, 5.41) is 0. The van der Waals surface area contributed by atoms with Crippen LogP contribution in [0.3, 0.4) is 0 Å². The minimum absolute atomic E-state index is 0.497. The molecule has 12 heavy (non-hydrogen) atoms. The van der Waals surface area contributed by atoms with E-state index in [1.807, 2.05) is 0 Å². The van der Waals surface area contributed by atoms with Gasteiger partial charge in [0.2, 0.25) is 0 Å². The fraction of sp³-hybridized carbons (Fsp3) is 0.444. The first-order chi connectivity index (χ1) is 5.68. The zero-order valence-electron chi connectivity index (χ0n) is 7.45. The van der Waals surface area contributed by atoms with Crippen molar-refractivity contribution in [3.8, 4) is 5.75 Å². The van der Waals surface area contributed by atoms with Crippen molar-refractivity contribution >= 4 is 5.82 Å². The van der Waals surface area contributed by atoms with Gasteiger partial charge < -0.3 is 10.5 Å². The lowest BCUT2D eigenvalue weighted by Gasteiger charge is -2.07. The van der Waals surface area contributed by atoms with Gasteiger partial charge in [-0.2, -0.15) is 0 Å². The molecule has 0 aromatic carbocycles. The molecule has 0 unspecified atom stereocenters. The second kappa shape index (κ2) is 3.95.